The van der Waals surface area contributed by atoms with E-state index in [9.17, 15) is 4.79 Å². The molecule has 2 N–H and O–H groups in total. The van der Waals surface area contributed by atoms with E-state index in [1.165, 1.54) is 0 Å². The molecule has 2 rings (SSSR count). The molecule has 0 bridgehead atoms. The summed E-state index contributed by atoms with van der Waals surface area (Å²) in [5.41, 5.74) is 1.13. The standard InChI is InChI=1S/C14H20N2O3/c1-9(2)16-14(17)8-18-10-4-5-11-12(15-3)7-19-13(11)6-10/h4-6,9,12,15H,7-8H2,1-3H3,(H,16,17). The van der Waals surface area contributed by atoms with Gasteiger partial charge in [0.15, 0.2) is 6.61 Å². The highest BCUT2D eigenvalue weighted by Crippen LogP contribution is 2.34. The smallest absolute Gasteiger partial charge is 0.258 e. The monoisotopic (exact) mass is 264 g/mol. The number of carbonyl (C=O) groups is 1. The van der Waals surface area contributed by atoms with Crippen LogP contribution >= 0.6 is 0 Å². The number of likely N-dealkylation sites (N-methyl/N-ethyl adjacent to an activating group) is 1. The Kier molecular flexibility index (Phi) is 4.27. The lowest BCUT2D eigenvalue weighted by Crippen LogP contribution is -2.34. The van der Waals surface area contributed by atoms with Crippen molar-refractivity contribution in [2.45, 2.75) is 25.9 Å². The van der Waals surface area contributed by atoms with Gasteiger partial charge in [-0.25, -0.2) is 0 Å². The van der Waals surface area contributed by atoms with Crippen molar-refractivity contribution in [3.63, 3.8) is 0 Å². The summed E-state index contributed by atoms with van der Waals surface area (Å²) in [4.78, 5) is 11.5. The average molecular weight is 264 g/mol. The van der Waals surface area contributed by atoms with Gasteiger partial charge in [0.2, 0.25) is 0 Å². The van der Waals surface area contributed by atoms with Gasteiger partial charge in [0.05, 0.1) is 6.04 Å². The van der Waals surface area contributed by atoms with E-state index >= 15 is 0 Å². The fraction of sp³-hybridized carbons (Fsp3) is 0.500. The van der Waals surface area contributed by atoms with Gasteiger partial charge in [0, 0.05) is 17.7 Å². The molecule has 0 aromatic heterocycles. The molecule has 19 heavy (non-hydrogen) atoms. The Morgan fingerprint density at radius 1 is 1.53 bits per heavy atom. The van der Waals surface area contributed by atoms with Crippen molar-refractivity contribution in [2.75, 3.05) is 20.3 Å². The molecule has 0 spiro atoms. The average Bonchev–Trinajstić information content (AvgIpc) is 2.77. The van der Waals surface area contributed by atoms with Crippen molar-refractivity contribution in [1.29, 1.82) is 0 Å². The number of hydrogen-bond donors (Lipinski definition) is 2. The van der Waals surface area contributed by atoms with Gasteiger partial charge in [-0.3, -0.25) is 4.79 Å². The minimum atomic E-state index is -0.121. The summed E-state index contributed by atoms with van der Waals surface area (Å²) in [6.45, 7) is 4.48. The fourth-order valence-electron chi connectivity index (χ4n) is 2.03. The fourth-order valence-corrected chi connectivity index (χ4v) is 2.03. The number of fused-ring (bicyclic) bond motifs is 1. The molecule has 104 valence electrons. The van der Waals surface area contributed by atoms with Crippen molar-refractivity contribution in [2.24, 2.45) is 0 Å². The van der Waals surface area contributed by atoms with E-state index in [-0.39, 0.29) is 24.6 Å². The van der Waals surface area contributed by atoms with Crippen LogP contribution in [-0.2, 0) is 4.79 Å². The Morgan fingerprint density at radius 2 is 2.32 bits per heavy atom. The van der Waals surface area contributed by atoms with E-state index in [1.807, 2.05) is 39.1 Å². The number of benzene rings is 1. The van der Waals surface area contributed by atoms with Crippen molar-refractivity contribution in [1.82, 2.24) is 10.6 Å². The number of carbonyl (C=O) groups excluding carboxylic acids is 1. The molecule has 0 saturated heterocycles. The van der Waals surface area contributed by atoms with Crippen molar-refractivity contribution < 1.29 is 14.3 Å². The number of rotatable bonds is 5. The zero-order valence-corrected chi connectivity index (χ0v) is 11.5. The Labute approximate surface area is 113 Å². The van der Waals surface area contributed by atoms with Crippen LogP contribution in [-0.4, -0.2) is 32.2 Å². The predicted molar refractivity (Wildman–Crippen MR) is 72.5 cm³/mol. The molecule has 0 aliphatic carbocycles. The van der Waals surface area contributed by atoms with E-state index in [2.05, 4.69) is 10.6 Å². The molecule has 1 unspecified atom stereocenters. The first-order chi connectivity index (χ1) is 9.10. The van der Waals surface area contributed by atoms with Crippen LogP contribution in [0.3, 0.4) is 0 Å². The minimum Gasteiger partial charge on any atom is -0.491 e. The lowest BCUT2D eigenvalue weighted by molar-refractivity contribution is -0.123. The Balaban J connectivity index is 1.94. The normalized spacial score (nSPS) is 16.9. The number of nitrogens with one attached hydrogen (secondary N) is 2. The molecular weight excluding hydrogens is 244 g/mol. The second kappa shape index (κ2) is 5.93. The molecule has 0 radical (unpaired) electrons. The second-order valence-corrected chi connectivity index (χ2v) is 4.86. The first-order valence-electron chi connectivity index (χ1n) is 6.46. The predicted octanol–water partition coefficient (Wildman–Crippen LogP) is 1.24. The van der Waals surface area contributed by atoms with Gasteiger partial charge in [-0.2, -0.15) is 0 Å². The van der Waals surface area contributed by atoms with Crippen molar-refractivity contribution in [3.8, 4) is 11.5 Å². The van der Waals surface area contributed by atoms with Crippen LogP contribution in [0.25, 0.3) is 0 Å². The molecule has 5 nitrogen and oxygen atoms in total. The largest absolute Gasteiger partial charge is 0.491 e. The van der Waals surface area contributed by atoms with E-state index in [0.717, 1.165) is 11.3 Å². The van der Waals surface area contributed by atoms with Crippen LogP contribution in [0.4, 0.5) is 0 Å². The minimum absolute atomic E-state index is 0.0203. The van der Waals surface area contributed by atoms with E-state index in [0.29, 0.717) is 12.4 Å². The summed E-state index contributed by atoms with van der Waals surface area (Å²) < 4.78 is 11.0. The summed E-state index contributed by atoms with van der Waals surface area (Å²) in [6, 6.07) is 6.01. The van der Waals surface area contributed by atoms with Crippen LogP contribution < -0.4 is 20.1 Å². The molecule has 1 amide bonds. The summed E-state index contributed by atoms with van der Waals surface area (Å²) in [5.74, 6) is 1.35. The third-order valence-electron chi connectivity index (χ3n) is 2.93. The summed E-state index contributed by atoms with van der Waals surface area (Å²) in [6.07, 6.45) is 0. The summed E-state index contributed by atoms with van der Waals surface area (Å²) >= 11 is 0. The van der Waals surface area contributed by atoms with Crippen LogP contribution in [0, 0.1) is 0 Å². The highest BCUT2D eigenvalue weighted by atomic mass is 16.5. The third kappa shape index (κ3) is 3.38. The topological polar surface area (TPSA) is 59.6 Å². The van der Waals surface area contributed by atoms with Gasteiger partial charge >= 0.3 is 0 Å². The molecule has 5 heteroatoms. The van der Waals surface area contributed by atoms with Crippen LogP contribution in [0.2, 0.25) is 0 Å². The first-order valence-corrected chi connectivity index (χ1v) is 6.46. The molecular formula is C14H20N2O3. The highest BCUT2D eigenvalue weighted by Gasteiger charge is 2.22. The number of amides is 1. The Bertz CT molecular complexity index is 460. The van der Waals surface area contributed by atoms with E-state index < -0.39 is 0 Å². The SMILES string of the molecule is CNC1COc2cc(OCC(=O)NC(C)C)ccc21. The summed E-state index contributed by atoms with van der Waals surface area (Å²) in [5, 5.41) is 5.96. The zero-order valence-electron chi connectivity index (χ0n) is 11.5. The van der Waals surface area contributed by atoms with E-state index in [1.54, 1.807) is 0 Å². The molecule has 1 aromatic rings. The van der Waals surface area contributed by atoms with Gasteiger partial charge in [0.1, 0.15) is 18.1 Å². The summed E-state index contributed by atoms with van der Waals surface area (Å²) in [7, 11) is 1.91. The lowest BCUT2D eigenvalue weighted by atomic mass is 10.1. The van der Waals surface area contributed by atoms with Crippen LogP contribution in [0.5, 0.6) is 11.5 Å². The molecule has 1 heterocycles. The molecule has 1 aromatic carbocycles. The third-order valence-corrected chi connectivity index (χ3v) is 2.93. The molecule has 1 atom stereocenters. The maximum Gasteiger partial charge on any atom is 0.258 e. The highest BCUT2D eigenvalue weighted by molar-refractivity contribution is 5.77. The van der Waals surface area contributed by atoms with Gasteiger partial charge in [-0.15, -0.1) is 0 Å². The number of hydrogen-bond acceptors (Lipinski definition) is 4. The first kappa shape index (κ1) is 13.7. The van der Waals surface area contributed by atoms with Gasteiger partial charge in [-0.1, -0.05) is 0 Å². The lowest BCUT2D eigenvalue weighted by Gasteiger charge is -2.11. The van der Waals surface area contributed by atoms with Gasteiger partial charge in [0.25, 0.3) is 5.91 Å². The number of ether oxygens (including phenoxy) is 2. The molecule has 0 saturated carbocycles. The van der Waals surface area contributed by atoms with Crippen molar-refractivity contribution in [3.05, 3.63) is 23.8 Å². The second-order valence-electron chi connectivity index (χ2n) is 4.86. The van der Waals surface area contributed by atoms with Crippen molar-refractivity contribution >= 4 is 5.91 Å². The maximum absolute atomic E-state index is 11.5. The van der Waals surface area contributed by atoms with Gasteiger partial charge < -0.3 is 20.1 Å². The quantitative estimate of drug-likeness (QED) is 0.840. The zero-order chi connectivity index (χ0) is 13.8. The maximum atomic E-state index is 11.5. The molecule has 0 fully saturated rings. The molecule has 1 aliphatic heterocycles. The molecule has 1 aliphatic rings. The van der Waals surface area contributed by atoms with E-state index in [4.69, 9.17) is 9.47 Å². The van der Waals surface area contributed by atoms with Crippen LogP contribution in [0.15, 0.2) is 18.2 Å². The van der Waals surface area contributed by atoms with Gasteiger partial charge in [-0.05, 0) is 33.0 Å². The Morgan fingerprint density at radius 3 is 3.00 bits per heavy atom. The van der Waals surface area contributed by atoms with Crippen LogP contribution in [0.1, 0.15) is 25.5 Å². The Hall–Kier alpha value is -1.75.